The van der Waals surface area contributed by atoms with E-state index in [2.05, 4.69) is 0 Å². The molecule has 0 amide bonds. The molecule has 1 aromatic rings. The van der Waals surface area contributed by atoms with Crippen LogP contribution >= 0.6 is 0 Å². The van der Waals surface area contributed by atoms with Crippen LogP contribution in [0.4, 0.5) is 0 Å². The lowest BCUT2D eigenvalue weighted by atomic mass is 9.54. The maximum atomic E-state index is 12.3. The van der Waals surface area contributed by atoms with Crippen LogP contribution in [0.1, 0.15) is 38.5 Å². The molecule has 4 saturated carbocycles. The quantitative estimate of drug-likeness (QED) is 0.625. The van der Waals surface area contributed by atoms with E-state index in [1.54, 1.807) is 0 Å². The highest BCUT2D eigenvalue weighted by atomic mass is 16.6. The summed E-state index contributed by atoms with van der Waals surface area (Å²) in [5, 5.41) is 0. The molecular formula is C17H22NO2+. The van der Waals surface area contributed by atoms with Crippen molar-refractivity contribution in [3.05, 3.63) is 30.6 Å². The van der Waals surface area contributed by atoms with Gasteiger partial charge in [-0.25, -0.2) is 4.79 Å². The third-order valence-electron chi connectivity index (χ3n) is 5.40. The summed E-state index contributed by atoms with van der Waals surface area (Å²) in [5.41, 5.74) is -0.110. The first-order valence-corrected chi connectivity index (χ1v) is 7.87. The number of hydrogen-bond acceptors (Lipinski definition) is 2. The van der Waals surface area contributed by atoms with Crippen LogP contribution in [0.2, 0.25) is 0 Å². The largest absolute Gasteiger partial charge is 0.454 e. The van der Waals surface area contributed by atoms with Gasteiger partial charge in [0, 0.05) is 12.1 Å². The van der Waals surface area contributed by atoms with Crippen LogP contribution in [-0.2, 0) is 16.1 Å². The minimum atomic E-state index is -0.110. The van der Waals surface area contributed by atoms with E-state index in [4.69, 9.17) is 4.74 Å². The first kappa shape index (κ1) is 12.4. The normalized spacial score (nSPS) is 37.9. The van der Waals surface area contributed by atoms with Gasteiger partial charge in [0.05, 0.1) is 0 Å². The Balaban J connectivity index is 1.45. The fourth-order valence-corrected chi connectivity index (χ4v) is 5.12. The van der Waals surface area contributed by atoms with Crippen molar-refractivity contribution in [1.29, 1.82) is 0 Å². The third kappa shape index (κ3) is 2.23. The maximum Gasteiger partial charge on any atom is 0.373 e. The lowest BCUT2D eigenvalue weighted by Gasteiger charge is -2.55. The number of rotatable bonds is 3. The van der Waals surface area contributed by atoms with E-state index in [9.17, 15) is 4.79 Å². The predicted molar refractivity (Wildman–Crippen MR) is 73.6 cm³/mol. The molecule has 0 spiro atoms. The molecule has 0 aromatic carbocycles. The highest BCUT2D eigenvalue weighted by Crippen LogP contribution is 2.57. The first-order chi connectivity index (χ1) is 9.71. The molecule has 4 aliphatic rings. The van der Waals surface area contributed by atoms with Gasteiger partial charge in [-0.15, -0.1) is 0 Å². The van der Waals surface area contributed by atoms with Gasteiger partial charge in [-0.1, -0.05) is 6.07 Å². The van der Waals surface area contributed by atoms with Gasteiger partial charge in [0.15, 0.2) is 12.4 Å². The minimum absolute atomic E-state index is 0.0665. The van der Waals surface area contributed by atoms with E-state index in [0.29, 0.717) is 6.54 Å². The van der Waals surface area contributed by atoms with Crippen molar-refractivity contribution >= 4 is 5.97 Å². The first-order valence-electron chi connectivity index (χ1n) is 7.87. The zero-order valence-corrected chi connectivity index (χ0v) is 11.8. The monoisotopic (exact) mass is 272 g/mol. The van der Waals surface area contributed by atoms with Gasteiger partial charge in [-0.3, -0.25) is 0 Å². The molecule has 0 radical (unpaired) electrons. The highest BCUT2D eigenvalue weighted by molar-refractivity contribution is 5.68. The van der Waals surface area contributed by atoms with E-state index in [0.717, 1.165) is 37.0 Å². The number of hydrogen-bond donors (Lipinski definition) is 0. The Morgan fingerprint density at radius 2 is 1.55 bits per heavy atom. The second-order valence-corrected chi connectivity index (χ2v) is 7.12. The average Bonchev–Trinajstić information content (AvgIpc) is 2.37. The Labute approximate surface area is 119 Å². The number of esters is 1. The fraction of sp³-hybridized carbons (Fsp3) is 0.647. The van der Waals surface area contributed by atoms with Crippen molar-refractivity contribution in [2.75, 3.05) is 0 Å². The van der Waals surface area contributed by atoms with Gasteiger partial charge in [-0.2, -0.15) is 4.57 Å². The lowest BCUT2D eigenvalue weighted by molar-refractivity contribution is -0.686. The summed E-state index contributed by atoms with van der Waals surface area (Å²) < 4.78 is 7.89. The molecule has 4 fully saturated rings. The topological polar surface area (TPSA) is 30.2 Å². The molecule has 20 heavy (non-hydrogen) atoms. The number of aromatic nitrogens is 1. The average molecular weight is 272 g/mol. The summed E-state index contributed by atoms with van der Waals surface area (Å²) in [6.45, 7) is 0.336. The molecular weight excluding hydrogens is 250 g/mol. The van der Waals surface area contributed by atoms with Crippen LogP contribution in [0.15, 0.2) is 30.6 Å². The SMILES string of the molecule is O=C(C[n+]1ccccc1)OC12CC3CC(CC(C3)C1)C2. The molecule has 0 saturated heterocycles. The van der Waals surface area contributed by atoms with Crippen LogP contribution in [0.3, 0.4) is 0 Å². The second-order valence-electron chi connectivity index (χ2n) is 7.12. The van der Waals surface area contributed by atoms with Gasteiger partial charge in [-0.05, 0) is 56.3 Å². The van der Waals surface area contributed by atoms with Crippen molar-refractivity contribution in [2.45, 2.75) is 50.7 Å². The Morgan fingerprint density at radius 3 is 2.10 bits per heavy atom. The van der Waals surface area contributed by atoms with E-state index in [1.165, 1.54) is 19.3 Å². The molecule has 5 rings (SSSR count). The van der Waals surface area contributed by atoms with Crippen LogP contribution in [0, 0.1) is 17.8 Å². The summed E-state index contributed by atoms with van der Waals surface area (Å²) in [5.74, 6) is 2.39. The summed E-state index contributed by atoms with van der Waals surface area (Å²) in [4.78, 5) is 12.3. The molecule has 4 aliphatic carbocycles. The number of carbonyl (C=O) groups excluding carboxylic acids is 1. The van der Waals surface area contributed by atoms with Gasteiger partial charge in [0.1, 0.15) is 5.60 Å². The summed E-state index contributed by atoms with van der Waals surface area (Å²) in [6.07, 6.45) is 11.3. The molecule has 106 valence electrons. The van der Waals surface area contributed by atoms with E-state index < -0.39 is 0 Å². The Bertz CT molecular complexity index is 476. The Hall–Kier alpha value is -1.38. The van der Waals surface area contributed by atoms with Crippen LogP contribution in [0.25, 0.3) is 0 Å². The lowest BCUT2D eigenvalue weighted by Crippen LogP contribution is -2.53. The van der Waals surface area contributed by atoms with E-state index in [-0.39, 0.29) is 11.6 Å². The van der Waals surface area contributed by atoms with Crippen molar-refractivity contribution in [2.24, 2.45) is 17.8 Å². The van der Waals surface area contributed by atoms with Crippen LogP contribution < -0.4 is 4.57 Å². The van der Waals surface area contributed by atoms with Gasteiger partial charge in [0.2, 0.25) is 6.54 Å². The van der Waals surface area contributed by atoms with Crippen molar-refractivity contribution < 1.29 is 14.1 Å². The van der Waals surface area contributed by atoms with Crippen molar-refractivity contribution in [1.82, 2.24) is 0 Å². The van der Waals surface area contributed by atoms with Crippen LogP contribution in [-0.4, -0.2) is 11.6 Å². The highest BCUT2D eigenvalue weighted by Gasteiger charge is 2.53. The second kappa shape index (κ2) is 4.57. The van der Waals surface area contributed by atoms with E-state index >= 15 is 0 Å². The van der Waals surface area contributed by atoms with Gasteiger partial charge >= 0.3 is 5.97 Å². The standard InChI is InChI=1S/C17H22NO2/c19-16(12-18-4-2-1-3-5-18)20-17-9-13-6-14(10-17)8-15(7-13)11-17/h1-5,13-15H,6-12H2/q+1. The molecule has 0 N–H and O–H groups in total. The predicted octanol–water partition coefficient (Wildman–Crippen LogP) is 2.49. The Kier molecular flexibility index (Phi) is 2.83. The summed E-state index contributed by atoms with van der Waals surface area (Å²) >= 11 is 0. The molecule has 0 unspecified atom stereocenters. The zero-order chi connectivity index (χ0) is 13.6. The van der Waals surface area contributed by atoms with Crippen LogP contribution in [0.5, 0.6) is 0 Å². The number of ether oxygens (including phenoxy) is 1. The zero-order valence-electron chi connectivity index (χ0n) is 11.8. The molecule has 0 atom stereocenters. The minimum Gasteiger partial charge on any atom is -0.454 e. The molecule has 1 heterocycles. The van der Waals surface area contributed by atoms with Crippen molar-refractivity contribution in [3.8, 4) is 0 Å². The maximum absolute atomic E-state index is 12.3. The van der Waals surface area contributed by atoms with Crippen molar-refractivity contribution in [3.63, 3.8) is 0 Å². The summed E-state index contributed by atoms with van der Waals surface area (Å²) in [7, 11) is 0. The number of carbonyl (C=O) groups is 1. The third-order valence-corrected chi connectivity index (χ3v) is 5.40. The molecule has 1 aromatic heterocycles. The number of pyridine rings is 1. The number of nitrogens with zero attached hydrogens (tertiary/aromatic N) is 1. The molecule has 0 aliphatic heterocycles. The molecule has 3 heteroatoms. The van der Waals surface area contributed by atoms with Gasteiger partial charge < -0.3 is 4.74 Å². The summed E-state index contributed by atoms with van der Waals surface area (Å²) in [6, 6.07) is 5.84. The van der Waals surface area contributed by atoms with Gasteiger partial charge in [0.25, 0.3) is 0 Å². The molecule has 4 bridgehead atoms. The fourth-order valence-electron chi connectivity index (χ4n) is 5.12. The van der Waals surface area contributed by atoms with E-state index in [1.807, 2.05) is 35.2 Å². The smallest absolute Gasteiger partial charge is 0.373 e. The molecule has 3 nitrogen and oxygen atoms in total. The Morgan fingerprint density at radius 1 is 1.00 bits per heavy atom.